The normalized spacial score (nSPS) is 36.9. The second kappa shape index (κ2) is 6.54. The van der Waals surface area contributed by atoms with Gasteiger partial charge < -0.3 is 14.6 Å². The number of hydrogen-bond donors (Lipinski definition) is 1. The van der Waals surface area contributed by atoms with Crippen LogP contribution in [0.4, 0.5) is 4.39 Å². The molecule has 4 nitrogen and oxygen atoms in total. The number of benzene rings is 1. The number of likely N-dealkylation sites (tertiary alicyclic amines) is 1. The van der Waals surface area contributed by atoms with Gasteiger partial charge in [-0.3, -0.25) is 4.90 Å². The number of nitrogens with zero attached hydrogens (tertiary/aromatic N) is 1. The lowest BCUT2D eigenvalue weighted by Crippen LogP contribution is -2.67. The SMILES string of the molecule is O[C@@]12CCOC[C@@H]1CN(Cc1ccc(Cl)c(F)c1)[C@H]1CCOC[C@H]12. The van der Waals surface area contributed by atoms with Crippen molar-refractivity contribution in [3.05, 3.63) is 34.6 Å². The number of fused-ring (bicyclic) bond motifs is 3. The fourth-order valence-corrected chi connectivity index (χ4v) is 4.74. The van der Waals surface area contributed by atoms with Gasteiger partial charge in [0.05, 0.1) is 23.8 Å². The van der Waals surface area contributed by atoms with Gasteiger partial charge in [-0.1, -0.05) is 17.7 Å². The van der Waals surface area contributed by atoms with Crippen molar-refractivity contribution in [2.75, 3.05) is 33.0 Å². The standard InChI is InChI=1S/C18H23ClFNO3/c19-15-2-1-12(7-16(15)20)8-21-9-13-10-24-6-4-18(13,22)14-11-23-5-3-17(14)21/h1-2,7,13-14,17,22H,3-6,8-11H2/t13-,14+,17-,18-/m0/s1. The van der Waals surface area contributed by atoms with Gasteiger partial charge in [-0.25, -0.2) is 4.39 Å². The van der Waals surface area contributed by atoms with Crippen molar-refractivity contribution in [1.29, 1.82) is 0 Å². The Bertz CT molecular complexity index is 616. The number of hydrogen-bond acceptors (Lipinski definition) is 4. The van der Waals surface area contributed by atoms with E-state index in [4.69, 9.17) is 21.1 Å². The van der Waals surface area contributed by atoms with E-state index in [1.54, 1.807) is 6.07 Å². The molecule has 0 radical (unpaired) electrons. The smallest absolute Gasteiger partial charge is 0.142 e. The fourth-order valence-electron chi connectivity index (χ4n) is 4.62. The number of halogens is 2. The molecule has 132 valence electrons. The first kappa shape index (κ1) is 16.7. The van der Waals surface area contributed by atoms with Gasteiger partial charge in [-0.05, 0) is 24.1 Å². The molecule has 0 saturated carbocycles. The Balaban J connectivity index is 1.59. The third kappa shape index (κ3) is 2.86. The fraction of sp³-hybridized carbons (Fsp3) is 0.667. The summed E-state index contributed by atoms with van der Waals surface area (Å²) in [7, 11) is 0. The molecule has 0 unspecified atom stereocenters. The molecule has 0 aromatic heterocycles. The van der Waals surface area contributed by atoms with Crippen molar-refractivity contribution in [2.45, 2.75) is 31.0 Å². The quantitative estimate of drug-likeness (QED) is 0.885. The highest BCUT2D eigenvalue weighted by Gasteiger charge is 2.55. The predicted octanol–water partition coefficient (Wildman–Crippen LogP) is 2.47. The molecule has 1 aromatic rings. The topological polar surface area (TPSA) is 41.9 Å². The van der Waals surface area contributed by atoms with Crippen LogP contribution in [0.2, 0.25) is 5.02 Å². The van der Waals surface area contributed by atoms with Gasteiger partial charge in [0, 0.05) is 50.6 Å². The van der Waals surface area contributed by atoms with Crippen LogP contribution in [-0.4, -0.2) is 54.6 Å². The van der Waals surface area contributed by atoms with Crippen LogP contribution in [0.3, 0.4) is 0 Å². The maximum Gasteiger partial charge on any atom is 0.142 e. The van der Waals surface area contributed by atoms with Crippen molar-refractivity contribution in [1.82, 2.24) is 4.90 Å². The van der Waals surface area contributed by atoms with Crippen LogP contribution in [0.15, 0.2) is 18.2 Å². The summed E-state index contributed by atoms with van der Waals surface area (Å²) in [6, 6.07) is 5.25. The first-order valence-electron chi connectivity index (χ1n) is 8.64. The van der Waals surface area contributed by atoms with Gasteiger partial charge in [-0.2, -0.15) is 0 Å². The summed E-state index contributed by atoms with van der Waals surface area (Å²) in [5.74, 6) is -0.218. The number of rotatable bonds is 2. The van der Waals surface area contributed by atoms with Crippen LogP contribution >= 0.6 is 11.6 Å². The molecule has 6 heteroatoms. The van der Waals surface area contributed by atoms with Crippen molar-refractivity contribution < 1.29 is 19.0 Å². The average Bonchev–Trinajstić information content (AvgIpc) is 2.59. The van der Waals surface area contributed by atoms with Crippen LogP contribution in [0.25, 0.3) is 0 Å². The van der Waals surface area contributed by atoms with Gasteiger partial charge in [0.15, 0.2) is 0 Å². The first-order chi connectivity index (χ1) is 11.6. The maximum absolute atomic E-state index is 13.8. The summed E-state index contributed by atoms with van der Waals surface area (Å²) in [5, 5.41) is 11.4. The highest BCUT2D eigenvalue weighted by Crippen LogP contribution is 2.44. The molecule has 3 fully saturated rings. The molecule has 24 heavy (non-hydrogen) atoms. The van der Waals surface area contributed by atoms with Crippen LogP contribution < -0.4 is 0 Å². The Labute approximate surface area is 146 Å². The van der Waals surface area contributed by atoms with E-state index >= 15 is 0 Å². The molecule has 3 aliphatic rings. The summed E-state index contributed by atoms with van der Waals surface area (Å²) in [4.78, 5) is 2.36. The zero-order valence-electron chi connectivity index (χ0n) is 13.6. The Kier molecular flexibility index (Phi) is 4.56. The van der Waals surface area contributed by atoms with Gasteiger partial charge in [0.1, 0.15) is 5.82 Å². The first-order valence-corrected chi connectivity index (χ1v) is 9.01. The monoisotopic (exact) mass is 355 g/mol. The Hall–Kier alpha value is -0.720. The van der Waals surface area contributed by atoms with Crippen LogP contribution in [0.1, 0.15) is 18.4 Å². The second-order valence-corrected chi connectivity index (χ2v) is 7.64. The van der Waals surface area contributed by atoms with Crippen molar-refractivity contribution in [3.8, 4) is 0 Å². The summed E-state index contributed by atoms with van der Waals surface area (Å²) in [6.45, 7) is 3.90. The Morgan fingerprint density at radius 1 is 1.29 bits per heavy atom. The predicted molar refractivity (Wildman–Crippen MR) is 88.4 cm³/mol. The number of piperidine rings is 1. The molecule has 3 aliphatic heterocycles. The van der Waals surface area contributed by atoms with Gasteiger partial charge in [-0.15, -0.1) is 0 Å². The third-order valence-corrected chi connectivity index (χ3v) is 6.23. The highest BCUT2D eigenvalue weighted by atomic mass is 35.5. The summed E-state index contributed by atoms with van der Waals surface area (Å²) in [6.07, 6.45) is 1.57. The Morgan fingerprint density at radius 3 is 2.96 bits per heavy atom. The average molecular weight is 356 g/mol. The number of ether oxygens (including phenoxy) is 2. The molecule has 4 atom stereocenters. The molecule has 4 rings (SSSR count). The van der Waals surface area contributed by atoms with E-state index < -0.39 is 5.60 Å². The molecule has 0 bridgehead atoms. The van der Waals surface area contributed by atoms with Crippen LogP contribution in [-0.2, 0) is 16.0 Å². The second-order valence-electron chi connectivity index (χ2n) is 7.23. The van der Waals surface area contributed by atoms with E-state index in [1.807, 2.05) is 6.07 Å². The minimum Gasteiger partial charge on any atom is -0.389 e. The van der Waals surface area contributed by atoms with E-state index in [9.17, 15) is 9.50 Å². The molecule has 1 aromatic carbocycles. The largest absolute Gasteiger partial charge is 0.389 e. The van der Waals surface area contributed by atoms with Crippen molar-refractivity contribution >= 4 is 11.6 Å². The van der Waals surface area contributed by atoms with E-state index in [0.29, 0.717) is 39.4 Å². The molecule has 1 N–H and O–H groups in total. The molecule has 3 saturated heterocycles. The summed E-state index contributed by atoms with van der Waals surface area (Å²) in [5.41, 5.74) is 0.203. The highest BCUT2D eigenvalue weighted by molar-refractivity contribution is 6.30. The minimum absolute atomic E-state index is 0.0753. The molecule has 0 spiro atoms. The van der Waals surface area contributed by atoms with Gasteiger partial charge >= 0.3 is 0 Å². The van der Waals surface area contributed by atoms with Gasteiger partial charge in [0.2, 0.25) is 0 Å². The molecular formula is C18H23ClFNO3. The molecular weight excluding hydrogens is 333 g/mol. The van der Waals surface area contributed by atoms with E-state index in [0.717, 1.165) is 18.5 Å². The van der Waals surface area contributed by atoms with E-state index in [1.165, 1.54) is 6.07 Å². The maximum atomic E-state index is 13.8. The molecule has 0 aliphatic carbocycles. The van der Waals surface area contributed by atoms with E-state index in [-0.39, 0.29) is 28.7 Å². The zero-order valence-corrected chi connectivity index (χ0v) is 14.3. The van der Waals surface area contributed by atoms with Gasteiger partial charge in [0.25, 0.3) is 0 Å². The van der Waals surface area contributed by atoms with Crippen LogP contribution in [0, 0.1) is 17.7 Å². The zero-order chi connectivity index (χ0) is 16.7. The van der Waals surface area contributed by atoms with Crippen LogP contribution in [0.5, 0.6) is 0 Å². The van der Waals surface area contributed by atoms with E-state index in [2.05, 4.69) is 4.90 Å². The Morgan fingerprint density at radius 2 is 2.12 bits per heavy atom. The molecule has 3 heterocycles. The lowest BCUT2D eigenvalue weighted by molar-refractivity contribution is -0.221. The third-order valence-electron chi connectivity index (χ3n) is 5.93. The summed E-state index contributed by atoms with van der Waals surface area (Å²) >= 11 is 5.79. The van der Waals surface area contributed by atoms with Crippen molar-refractivity contribution in [2.24, 2.45) is 11.8 Å². The number of aliphatic hydroxyl groups is 1. The lowest BCUT2D eigenvalue weighted by atomic mass is 9.66. The lowest BCUT2D eigenvalue weighted by Gasteiger charge is -2.57. The minimum atomic E-state index is -0.703. The molecule has 0 amide bonds. The van der Waals surface area contributed by atoms with Crippen molar-refractivity contribution in [3.63, 3.8) is 0 Å². The summed E-state index contributed by atoms with van der Waals surface area (Å²) < 4.78 is 25.1.